The molecule has 19 heavy (non-hydrogen) atoms. The average Bonchev–Trinajstić information content (AvgIpc) is 2.93. The molecule has 1 unspecified atom stereocenters. The molecule has 1 aromatic rings. The normalized spacial score (nSPS) is 19.4. The Balaban J connectivity index is 2.21. The molecule has 0 spiro atoms. The van der Waals surface area contributed by atoms with Gasteiger partial charge in [0.05, 0.1) is 19.8 Å². The van der Waals surface area contributed by atoms with E-state index in [1.54, 1.807) is 18.2 Å². The third-order valence-electron chi connectivity index (χ3n) is 2.83. The van der Waals surface area contributed by atoms with Gasteiger partial charge in [-0.3, -0.25) is 0 Å². The predicted molar refractivity (Wildman–Crippen MR) is 70.0 cm³/mol. The summed E-state index contributed by atoms with van der Waals surface area (Å²) in [6.07, 6.45) is 0.919. The van der Waals surface area contributed by atoms with E-state index in [1.807, 2.05) is 6.92 Å². The lowest BCUT2D eigenvalue weighted by Gasteiger charge is -2.16. The van der Waals surface area contributed by atoms with Crippen molar-refractivity contribution in [3.05, 3.63) is 23.8 Å². The molecule has 1 aliphatic heterocycles. The molecule has 104 valence electrons. The molecule has 1 aliphatic rings. The minimum atomic E-state index is 0.0386. The van der Waals surface area contributed by atoms with E-state index in [1.165, 1.54) is 0 Å². The number of hydrogen-bond donors (Lipinski definition) is 2. The predicted octanol–water partition coefficient (Wildman–Crippen LogP) is 1.35. The van der Waals surface area contributed by atoms with Gasteiger partial charge < -0.3 is 25.2 Å². The summed E-state index contributed by atoms with van der Waals surface area (Å²) in [4.78, 5) is 0. The van der Waals surface area contributed by atoms with Crippen molar-refractivity contribution >= 4 is 5.84 Å². The van der Waals surface area contributed by atoms with Crippen molar-refractivity contribution in [1.29, 1.82) is 0 Å². The molecule has 6 heteroatoms. The Bertz CT molecular complexity index is 456. The van der Waals surface area contributed by atoms with E-state index >= 15 is 0 Å². The van der Waals surface area contributed by atoms with Crippen molar-refractivity contribution in [3.63, 3.8) is 0 Å². The lowest BCUT2D eigenvalue weighted by molar-refractivity contribution is 0.138. The van der Waals surface area contributed by atoms with Crippen LogP contribution in [0.5, 0.6) is 11.5 Å². The Labute approximate surface area is 111 Å². The SMILES string of the molecule is CCOc1cc(C(N)=NO)ccc1OC1CCOC1. The largest absolute Gasteiger partial charge is 0.490 e. The first-order valence-electron chi connectivity index (χ1n) is 6.23. The number of rotatable bonds is 5. The maximum Gasteiger partial charge on any atom is 0.170 e. The fraction of sp³-hybridized carbons (Fsp3) is 0.462. The van der Waals surface area contributed by atoms with Gasteiger partial charge in [0.15, 0.2) is 17.3 Å². The van der Waals surface area contributed by atoms with E-state index < -0.39 is 0 Å². The molecule has 1 atom stereocenters. The Kier molecular flexibility index (Phi) is 4.46. The van der Waals surface area contributed by atoms with Crippen LogP contribution in [0.2, 0.25) is 0 Å². The third kappa shape index (κ3) is 3.29. The molecule has 1 aromatic carbocycles. The molecular formula is C13H18N2O4. The van der Waals surface area contributed by atoms with Crippen molar-refractivity contribution in [3.8, 4) is 11.5 Å². The second kappa shape index (κ2) is 6.29. The van der Waals surface area contributed by atoms with Crippen LogP contribution in [-0.2, 0) is 4.74 Å². The van der Waals surface area contributed by atoms with Gasteiger partial charge in [0, 0.05) is 12.0 Å². The highest BCUT2D eigenvalue weighted by Gasteiger charge is 2.19. The van der Waals surface area contributed by atoms with Gasteiger partial charge in [-0.05, 0) is 25.1 Å². The van der Waals surface area contributed by atoms with Crippen molar-refractivity contribution in [1.82, 2.24) is 0 Å². The molecular weight excluding hydrogens is 248 g/mol. The van der Waals surface area contributed by atoms with Gasteiger partial charge in [0.25, 0.3) is 0 Å². The quantitative estimate of drug-likeness (QED) is 0.363. The van der Waals surface area contributed by atoms with Gasteiger partial charge >= 0.3 is 0 Å². The van der Waals surface area contributed by atoms with Crippen LogP contribution in [0.3, 0.4) is 0 Å². The fourth-order valence-corrected chi connectivity index (χ4v) is 1.88. The lowest BCUT2D eigenvalue weighted by atomic mass is 10.2. The van der Waals surface area contributed by atoms with Gasteiger partial charge in [0.2, 0.25) is 0 Å². The van der Waals surface area contributed by atoms with Gasteiger partial charge in [-0.1, -0.05) is 5.16 Å². The number of nitrogens with zero attached hydrogens (tertiary/aromatic N) is 1. The number of oxime groups is 1. The standard InChI is InChI=1S/C13H18N2O4/c1-2-18-12-7-9(13(14)15-16)3-4-11(12)19-10-5-6-17-8-10/h3-4,7,10,16H,2,5-6,8H2,1H3,(H2,14,15). The molecule has 2 rings (SSSR count). The van der Waals surface area contributed by atoms with Crippen LogP contribution in [-0.4, -0.2) is 37.0 Å². The Morgan fingerprint density at radius 1 is 1.53 bits per heavy atom. The van der Waals surface area contributed by atoms with E-state index in [4.69, 9.17) is 25.2 Å². The number of hydrogen-bond acceptors (Lipinski definition) is 5. The average molecular weight is 266 g/mol. The van der Waals surface area contributed by atoms with Crippen LogP contribution in [0.4, 0.5) is 0 Å². The Hall–Kier alpha value is -1.95. The zero-order chi connectivity index (χ0) is 13.7. The van der Waals surface area contributed by atoms with Gasteiger partial charge in [-0.2, -0.15) is 0 Å². The first-order chi connectivity index (χ1) is 9.24. The van der Waals surface area contributed by atoms with Crippen molar-refractivity contribution in [2.24, 2.45) is 10.9 Å². The zero-order valence-corrected chi connectivity index (χ0v) is 10.8. The van der Waals surface area contributed by atoms with Gasteiger partial charge in [-0.25, -0.2) is 0 Å². The second-order valence-electron chi connectivity index (χ2n) is 4.18. The topological polar surface area (TPSA) is 86.3 Å². The van der Waals surface area contributed by atoms with Crippen LogP contribution in [0, 0.1) is 0 Å². The van der Waals surface area contributed by atoms with Crippen LogP contribution < -0.4 is 15.2 Å². The highest BCUT2D eigenvalue weighted by molar-refractivity contribution is 5.97. The van der Waals surface area contributed by atoms with Crippen LogP contribution in [0.25, 0.3) is 0 Å². The Morgan fingerprint density at radius 2 is 2.37 bits per heavy atom. The van der Waals surface area contributed by atoms with Crippen molar-refractivity contribution < 1.29 is 19.4 Å². The van der Waals surface area contributed by atoms with Crippen molar-refractivity contribution in [2.75, 3.05) is 19.8 Å². The summed E-state index contributed by atoms with van der Waals surface area (Å²) in [6.45, 7) is 3.71. The molecule has 1 saturated heterocycles. The Morgan fingerprint density at radius 3 is 3.00 bits per heavy atom. The molecule has 6 nitrogen and oxygen atoms in total. The molecule has 0 aromatic heterocycles. The molecule has 1 fully saturated rings. The van der Waals surface area contributed by atoms with E-state index in [2.05, 4.69) is 5.16 Å². The van der Waals surface area contributed by atoms with Crippen molar-refractivity contribution in [2.45, 2.75) is 19.4 Å². The van der Waals surface area contributed by atoms with Crippen LogP contribution >= 0.6 is 0 Å². The summed E-state index contributed by atoms with van der Waals surface area (Å²) in [5.41, 5.74) is 6.14. The minimum absolute atomic E-state index is 0.0386. The summed E-state index contributed by atoms with van der Waals surface area (Å²) in [5, 5.41) is 11.7. The third-order valence-corrected chi connectivity index (χ3v) is 2.83. The maximum absolute atomic E-state index is 8.68. The first kappa shape index (κ1) is 13.5. The van der Waals surface area contributed by atoms with Gasteiger partial charge in [0.1, 0.15) is 6.10 Å². The molecule has 0 bridgehead atoms. The number of benzene rings is 1. The molecule has 3 N–H and O–H groups in total. The summed E-state index contributed by atoms with van der Waals surface area (Å²) in [5.74, 6) is 1.27. The lowest BCUT2D eigenvalue weighted by Crippen LogP contribution is -2.17. The molecule has 1 heterocycles. The highest BCUT2D eigenvalue weighted by Crippen LogP contribution is 2.30. The van der Waals surface area contributed by atoms with Crippen LogP contribution in [0.15, 0.2) is 23.4 Å². The summed E-state index contributed by atoms with van der Waals surface area (Å²) in [6, 6.07) is 5.18. The van der Waals surface area contributed by atoms with Crippen LogP contribution in [0.1, 0.15) is 18.9 Å². The molecule has 0 saturated carbocycles. The zero-order valence-electron chi connectivity index (χ0n) is 10.8. The maximum atomic E-state index is 8.68. The molecule has 0 amide bonds. The van der Waals surface area contributed by atoms with E-state index in [9.17, 15) is 0 Å². The highest BCUT2D eigenvalue weighted by atomic mass is 16.6. The smallest absolute Gasteiger partial charge is 0.170 e. The van der Waals surface area contributed by atoms with Gasteiger partial charge in [-0.15, -0.1) is 0 Å². The molecule has 0 radical (unpaired) electrons. The van der Waals surface area contributed by atoms with E-state index in [-0.39, 0.29) is 11.9 Å². The number of ether oxygens (including phenoxy) is 3. The molecule has 0 aliphatic carbocycles. The summed E-state index contributed by atoms with van der Waals surface area (Å²) in [7, 11) is 0. The monoisotopic (exact) mass is 266 g/mol. The summed E-state index contributed by atoms with van der Waals surface area (Å²) >= 11 is 0. The second-order valence-corrected chi connectivity index (χ2v) is 4.18. The summed E-state index contributed by atoms with van der Waals surface area (Å²) < 4.78 is 16.6. The first-order valence-corrected chi connectivity index (χ1v) is 6.23. The number of nitrogens with two attached hydrogens (primary N) is 1. The minimum Gasteiger partial charge on any atom is -0.490 e. The fourth-order valence-electron chi connectivity index (χ4n) is 1.88. The number of amidine groups is 1. The van der Waals surface area contributed by atoms with E-state index in [0.29, 0.717) is 30.3 Å². The van der Waals surface area contributed by atoms with E-state index in [0.717, 1.165) is 13.0 Å².